The predicted molar refractivity (Wildman–Crippen MR) is 147 cm³/mol. The first kappa shape index (κ1) is 27.5. The number of methoxy groups -OCH3 is 1. The minimum absolute atomic E-state index is 0.315. The fourth-order valence-electron chi connectivity index (χ4n) is 3.96. The molecule has 0 heterocycles. The standard InChI is InChI=1S/C30H34BrNO4/c1-3-4-5-6-10-19-36-28-18-17-25(31)21-26(28)29(33)32-27(30(34)35-2)20-22-13-15-24(16-14-22)23-11-8-7-9-12-23/h7-9,11-18,21,27H,3-6,10,19-20H2,1-2H3,(H,32,33)/t27-/m0/s1. The maximum Gasteiger partial charge on any atom is 0.328 e. The van der Waals surface area contributed by atoms with E-state index >= 15 is 0 Å². The van der Waals surface area contributed by atoms with Gasteiger partial charge in [0.15, 0.2) is 0 Å². The van der Waals surface area contributed by atoms with Gasteiger partial charge in [-0.05, 0) is 41.3 Å². The molecule has 0 aliphatic heterocycles. The summed E-state index contributed by atoms with van der Waals surface area (Å²) in [4.78, 5) is 25.8. The molecule has 1 atom stereocenters. The van der Waals surface area contributed by atoms with E-state index in [9.17, 15) is 9.59 Å². The average molecular weight is 553 g/mol. The van der Waals surface area contributed by atoms with E-state index in [2.05, 4.69) is 40.3 Å². The summed E-state index contributed by atoms with van der Waals surface area (Å²) >= 11 is 3.44. The van der Waals surface area contributed by atoms with Crippen molar-refractivity contribution in [1.29, 1.82) is 0 Å². The fraction of sp³-hybridized carbons (Fsp3) is 0.333. The number of esters is 1. The molecule has 0 aliphatic rings. The first-order valence-electron chi connectivity index (χ1n) is 12.5. The summed E-state index contributed by atoms with van der Waals surface area (Å²) in [7, 11) is 1.33. The summed E-state index contributed by atoms with van der Waals surface area (Å²) in [6.07, 6.45) is 5.93. The molecule has 0 aromatic heterocycles. The van der Waals surface area contributed by atoms with E-state index in [1.807, 2.05) is 48.5 Å². The monoisotopic (exact) mass is 551 g/mol. The first-order valence-corrected chi connectivity index (χ1v) is 13.3. The molecule has 0 saturated carbocycles. The SMILES string of the molecule is CCCCCCCOc1ccc(Br)cc1C(=O)N[C@@H](Cc1ccc(-c2ccccc2)cc1)C(=O)OC. The molecule has 3 aromatic rings. The summed E-state index contributed by atoms with van der Waals surface area (Å²) < 4.78 is 11.7. The predicted octanol–water partition coefficient (Wildman–Crippen LogP) is 6.98. The third-order valence-electron chi connectivity index (χ3n) is 5.98. The molecular weight excluding hydrogens is 518 g/mol. The molecule has 6 heteroatoms. The zero-order valence-corrected chi connectivity index (χ0v) is 22.6. The van der Waals surface area contributed by atoms with Crippen LogP contribution in [0.2, 0.25) is 0 Å². The molecule has 0 spiro atoms. The van der Waals surface area contributed by atoms with Gasteiger partial charge in [-0.1, -0.05) is 103 Å². The molecule has 0 unspecified atom stereocenters. The number of amides is 1. The van der Waals surface area contributed by atoms with Gasteiger partial charge < -0.3 is 14.8 Å². The highest BCUT2D eigenvalue weighted by Crippen LogP contribution is 2.24. The van der Waals surface area contributed by atoms with Crippen LogP contribution in [0.5, 0.6) is 5.75 Å². The highest BCUT2D eigenvalue weighted by molar-refractivity contribution is 9.10. The molecule has 3 aromatic carbocycles. The minimum Gasteiger partial charge on any atom is -0.493 e. The molecule has 1 N–H and O–H groups in total. The number of benzene rings is 3. The molecule has 0 saturated heterocycles. The molecule has 1 amide bonds. The Morgan fingerprint density at radius 1 is 0.889 bits per heavy atom. The van der Waals surface area contributed by atoms with E-state index in [4.69, 9.17) is 9.47 Å². The Kier molecular flexibility index (Phi) is 11.0. The maximum atomic E-state index is 13.2. The van der Waals surface area contributed by atoms with Crippen molar-refractivity contribution in [3.63, 3.8) is 0 Å². The van der Waals surface area contributed by atoms with Crippen LogP contribution in [0.4, 0.5) is 0 Å². The van der Waals surface area contributed by atoms with E-state index in [0.717, 1.165) is 34.0 Å². The Balaban J connectivity index is 1.68. The normalized spacial score (nSPS) is 11.5. The molecule has 5 nitrogen and oxygen atoms in total. The van der Waals surface area contributed by atoms with Gasteiger partial charge >= 0.3 is 5.97 Å². The summed E-state index contributed by atoms with van der Waals surface area (Å²) in [5.74, 6) is -0.375. The molecule has 0 fully saturated rings. The largest absolute Gasteiger partial charge is 0.493 e. The van der Waals surface area contributed by atoms with E-state index in [1.165, 1.54) is 26.4 Å². The van der Waals surface area contributed by atoms with Crippen LogP contribution in [0.3, 0.4) is 0 Å². The number of carbonyl (C=O) groups excluding carboxylic acids is 2. The fourth-order valence-corrected chi connectivity index (χ4v) is 4.33. The van der Waals surface area contributed by atoms with Gasteiger partial charge in [0.05, 0.1) is 19.3 Å². The number of nitrogens with one attached hydrogen (secondary N) is 1. The number of unbranched alkanes of at least 4 members (excludes halogenated alkanes) is 4. The van der Waals surface area contributed by atoms with Gasteiger partial charge in [-0.25, -0.2) is 4.79 Å². The zero-order valence-electron chi connectivity index (χ0n) is 21.0. The average Bonchev–Trinajstić information content (AvgIpc) is 2.91. The van der Waals surface area contributed by atoms with Crippen molar-refractivity contribution in [3.8, 4) is 16.9 Å². The van der Waals surface area contributed by atoms with Crippen LogP contribution in [0.1, 0.15) is 54.9 Å². The third kappa shape index (κ3) is 8.23. The lowest BCUT2D eigenvalue weighted by Gasteiger charge is -2.18. The van der Waals surface area contributed by atoms with Gasteiger partial charge in [-0.2, -0.15) is 0 Å². The van der Waals surface area contributed by atoms with E-state index in [1.54, 1.807) is 12.1 Å². The smallest absolute Gasteiger partial charge is 0.328 e. The highest BCUT2D eigenvalue weighted by atomic mass is 79.9. The van der Waals surface area contributed by atoms with Crippen molar-refractivity contribution in [2.24, 2.45) is 0 Å². The van der Waals surface area contributed by atoms with Crippen LogP contribution in [0.25, 0.3) is 11.1 Å². The number of rotatable bonds is 13. The third-order valence-corrected chi connectivity index (χ3v) is 6.48. The number of ether oxygens (including phenoxy) is 2. The molecule has 190 valence electrons. The Hall–Kier alpha value is -3.12. The lowest BCUT2D eigenvalue weighted by molar-refractivity contribution is -0.142. The van der Waals surface area contributed by atoms with Crippen molar-refractivity contribution in [2.45, 2.75) is 51.5 Å². The Morgan fingerprint density at radius 2 is 1.58 bits per heavy atom. The topological polar surface area (TPSA) is 64.6 Å². The minimum atomic E-state index is -0.828. The van der Waals surface area contributed by atoms with Crippen LogP contribution in [-0.2, 0) is 16.0 Å². The van der Waals surface area contributed by atoms with Crippen LogP contribution in [-0.4, -0.2) is 31.6 Å². The Bertz CT molecular complexity index is 1120. The highest BCUT2D eigenvalue weighted by Gasteiger charge is 2.24. The maximum absolute atomic E-state index is 13.2. The van der Waals surface area contributed by atoms with Crippen LogP contribution in [0.15, 0.2) is 77.3 Å². The molecule has 0 aliphatic carbocycles. The summed E-state index contributed by atoms with van der Waals surface area (Å²) in [6.45, 7) is 2.73. The number of carbonyl (C=O) groups is 2. The quantitative estimate of drug-likeness (QED) is 0.184. The van der Waals surface area contributed by atoms with Crippen LogP contribution in [0, 0.1) is 0 Å². The Labute approximate surface area is 222 Å². The van der Waals surface area contributed by atoms with E-state index < -0.39 is 12.0 Å². The summed E-state index contributed by atoms with van der Waals surface area (Å²) in [6, 6.07) is 22.6. The first-order chi connectivity index (χ1) is 17.5. The van der Waals surface area contributed by atoms with Crippen LogP contribution >= 0.6 is 15.9 Å². The van der Waals surface area contributed by atoms with Crippen molar-refractivity contribution < 1.29 is 19.1 Å². The van der Waals surface area contributed by atoms with Gasteiger partial charge in [-0.3, -0.25) is 4.79 Å². The van der Waals surface area contributed by atoms with Gasteiger partial charge in [0.25, 0.3) is 5.91 Å². The Morgan fingerprint density at radius 3 is 2.28 bits per heavy atom. The number of hydrogen-bond donors (Lipinski definition) is 1. The lowest BCUT2D eigenvalue weighted by Crippen LogP contribution is -2.43. The van der Waals surface area contributed by atoms with Gasteiger partial charge in [0.2, 0.25) is 0 Å². The second kappa shape index (κ2) is 14.4. The lowest BCUT2D eigenvalue weighted by atomic mass is 10.0. The van der Waals surface area contributed by atoms with E-state index in [0.29, 0.717) is 24.3 Å². The second-order valence-corrected chi connectivity index (χ2v) is 9.64. The van der Waals surface area contributed by atoms with E-state index in [-0.39, 0.29) is 5.91 Å². The van der Waals surface area contributed by atoms with Crippen molar-refractivity contribution in [3.05, 3.63) is 88.4 Å². The molecule has 36 heavy (non-hydrogen) atoms. The second-order valence-electron chi connectivity index (χ2n) is 8.72. The van der Waals surface area contributed by atoms with Crippen molar-refractivity contribution in [2.75, 3.05) is 13.7 Å². The van der Waals surface area contributed by atoms with Gasteiger partial charge in [0.1, 0.15) is 11.8 Å². The molecule has 0 radical (unpaired) electrons. The number of halogens is 1. The molecule has 0 bridgehead atoms. The summed E-state index contributed by atoms with van der Waals surface area (Å²) in [5, 5.41) is 2.85. The number of hydrogen-bond acceptors (Lipinski definition) is 4. The van der Waals surface area contributed by atoms with Crippen molar-refractivity contribution >= 4 is 27.8 Å². The van der Waals surface area contributed by atoms with Gasteiger partial charge in [0, 0.05) is 10.9 Å². The van der Waals surface area contributed by atoms with Gasteiger partial charge in [-0.15, -0.1) is 0 Å². The summed E-state index contributed by atoms with van der Waals surface area (Å²) in [5.41, 5.74) is 3.51. The molecular formula is C30H34BrNO4. The van der Waals surface area contributed by atoms with Crippen LogP contribution < -0.4 is 10.1 Å². The zero-order chi connectivity index (χ0) is 25.8. The molecule has 3 rings (SSSR count). The van der Waals surface area contributed by atoms with Crippen molar-refractivity contribution in [1.82, 2.24) is 5.32 Å².